The van der Waals surface area contributed by atoms with Crippen molar-refractivity contribution in [3.05, 3.63) is 70.9 Å². The summed E-state index contributed by atoms with van der Waals surface area (Å²) in [5, 5.41) is 18.5. The molecule has 4 aromatic rings. The number of halogens is 1. The van der Waals surface area contributed by atoms with Crippen LogP contribution in [0.1, 0.15) is 18.7 Å². The fourth-order valence-electron chi connectivity index (χ4n) is 2.67. The van der Waals surface area contributed by atoms with Crippen LogP contribution in [0.4, 0.5) is 15.9 Å². The Hall–Kier alpha value is -4.02. The molecule has 0 bridgehead atoms. The van der Waals surface area contributed by atoms with Crippen molar-refractivity contribution in [3.63, 3.8) is 0 Å². The lowest BCUT2D eigenvalue weighted by molar-refractivity contribution is -0.384. The van der Waals surface area contributed by atoms with Crippen molar-refractivity contribution in [1.29, 1.82) is 0 Å². The summed E-state index contributed by atoms with van der Waals surface area (Å²) in [4.78, 5) is 27.3. The van der Waals surface area contributed by atoms with Crippen molar-refractivity contribution in [3.8, 4) is 11.4 Å². The van der Waals surface area contributed by atoms with Gasteiger partial charge < -0.3 is 5.32 Å². The van der Waals surface area contributed by atoms with Gasteiger partial charge in [-0.3, -0.25) is 20.1 Å². The Balaban J connectivity index is 1.74. The van der Waals surface area contributed by atoms with E-state index in [1.807, 2.05) is 0 Å². The molecule has 11 heteroatoms. The number of aromatic nitrogens is 6. The highest BCUT2D eigenvalue weighted by Gasteiger charge is 2.21. The molecule has 10 nitrogen and oxygen atoms in total. The van der Waals surface area contributed by atoms with Gasteiger partial charge in [-0.25, -0.2) is 18.9 Å². The predicted octanol–water partition coefficient (Wildman–Crippen LogP) is 2.80. The molecule has 4 aromatic heterocycles. The van der Waals surface area contributed by atoms with Gasteiger partial charge in [-0.1, -0.05) is 0 Å². The van der Waals surface area contributed by atoms with E-state index in [-0.39, 0.29) is 17.3 Å². The zero-order valence-corrected chi connectivity index (χ0v) is 14.5. The summed E-state index contributed by atoms with van der Waals surface area (Å²) in [5.41, 5.74) is 1.47. The quantitative estimate of drug-likeness (QED) is 0.414. The predicted molar refractivity (Wildman–Crippen MR) is 96.9 cm³/mol. The number of nitrogens with one attached hydrogen (secondary N) is 1. The number of hydrogen-bond acceptors (Lipinski definition) is 8. The maximum atomic E-state index is 13.1. The molecule has 4 heterocycles. The molecule has 0 aliphatic heterocycles. The van der Waals surface area contributed by atoms with Crippen LogP contribution in [0, 0.1) is 15.9 Å². The SMILES string of the molecule is CC(Nc1nc(-c2cnn3ccncc23)ncc1[N+](=O)[O-])c1ccc(F)cn1. The molecule has 28 heavy (non-hydrogen) atoms. The molecule has 1 atom stereocenters. The second-order valence-electron chi connectivity index (χ2n) is 5.92. The summed E-state index contributed by atoms with van der Waals surface area (Å²) in [6, 6.07) is 2.32. The summed E-state index contributed by atoms with van der Waals surface area (Å²) in [7, 11) is 0. The van der Waals surface area contributed by atoms with Gasteiger partial charge in [0.1, 0.15) is 12.0 Å². The van der Waals surface area contributed by atoms with Crippen LogP contribution in [0.15, 0.2) is 49.3 Å². The first-order chi connectivity index (χ1) is 13.5. The molecule has 0 amide bonds. The van der Waals surface area contributed by atoms with Crippen molar-refractivity contribution in [2.24, 2.45) is 0 Å². The number of fused-ring (bicyclic) bond motifs is 1. The highest BCUT2D eigenvalue weighted by Crippen LogP contribution is 2.29. The average Bonchev–Trinajstić information content (AvgIpc) is 3.12. The zero-order valence-electron chi connectivity index (χ0n) is 14.5. The lowest BCUT2D eigenvalue weighted by Gasteiger charge is -2.14. The standard InChI is InChI=1S/C17H13FN8O2/c1-10(13-3-2-11(18)6-20-13)23-17-15(26(27)28)9-21-16(24-17)12-7-22-25-5-4-19-8-14(12)25/h2-10H,1H3,(H,21,23,24). The Bertz CT molecular complexity index is 1160. The van der Waals surface area contributed by atoms with Gasteiger partial charge in [-0.15, -0.1) is 0 Å². The molecule has 140 valence electrons. The first kappa shape index (κ1) is 17.4. The minimum absolute atomic E-state index is 0.0249. The van der Waals surface area contributed by atoms with E-state index >= 15 is 0 Å². The van der Waals surface area contributed by atoms with Crippen molar-refractivity contribution in [1.82, 2.24) is 29.5 Å². The van der Waals surface area contributed by atoms with Crippen molar-refractivity contribution >= 4 is 17.0 Å². The average molecular weight is 380 g/mol. The van der Waals surface area contributed by atoms with Crippen LogP contribution in [0.3, 0.4) is 0 Å². The Labute approximate surface area is 157 Å². The van der Waals surface area contributed by atoms with Crippen molar-refractivity contribution < 1.29 is 9.31 Å². The molecule has 0 radical (unpaired) electrons. The summed E-state index contributed by atoms with van der Waals surface area (Å²) in [6.45, 7) is 1.74. The third-order valence-electron chi connectivity index (χ3n) is 4.08. The molecule has 1 N–H and O–H groups in total. The van der Waals surface area contributed by atoms with Gasteiger partial charge in [0.25, 0.3) is 0 Å². The summed E-state index contributed by atoms with van der Waals surface area (Å²) < 4.78 is 14.7. The maximum absolute atomic E-state index is 13.1. The number of nitro groups is 1. The van der Waals surface area contributed by atoms with Crippen LogP contribution < -0.4 is 5.32 Å². The van der Waals surface area contributed by atoms with E-state index in [0.717, 1.165) is 12.4 Å². The minimum Gasteiger partial charge on any atom is -0.356 e. The normalized spacial score (nSPS) is 12.1. The van der Waals surface area contributed by atoms with Crippen molar-refractivity contribution in [2.75, 3.05) is 5.32 Å². The summed E-state index contributed by atoms with van der Waals surface area (Å²) >= 11 is 0. The Morgan fingerprint density at radius 2 is 2.07 bits per heavy atom. The lowest BCUT2D eigenvalue weighted by atomic mass is 10.2. The van der Waals surface area contributed by atoms with Gasteiger partial charge in [0.15, 0.2) is 5.82 Å². The molecule has 0 aliphatic carbocycles. The van der Waals surface area contributed by atoms with Crippen LogP contribution >= 0.6 is 0 Å². The number of pyridine rings is 1. The Morgan fingerprint density at radius 1 is 1.21 bits per heavy atom. The first-order valence-electron chi connectivity index (χ1n) is 8.20. The molecular weight excluding hydrogens is 367 g/mol. The van der Waals surface area contributed by atoms with E-state index in [1.165, 1.54) is 12.1 Å². The minimum atomic E-state index is -0.575. The summed E-state index contributed by atoms with van der Waals surface area (Å²) in [5.74, 6) is -0.180. The fraction of sp³-hybridized carbons (Fsp3) is 0.118. The molecule has 0 fully saturated rings. The number of rotatable bonds is 5. The Morgan fingerprint density at radius 3 is 2.82 bits per heavy atom. The molecular formula is C17H13FN8O2. The maximum Gasteiger partial charge on any atom is 0.329 e. The molecule has 0 aliphatic rings. The second kappa shape index (κ2) is 6.95. The largest absolute Gasteiger partial charge is 0.356 e. The lowest BCUT2D eigenvalue weighted by Crippen LogP contribution is -2.12. The zero-order chi connectivity index (χ0) is 19.7. The van der Waals surface area contributed by atoms with Crippen LogP contribution in [0.2, 0.25) is 0 Å². The van der Waals surface area contributed by atoms with Gasteiger partial charge in [0.05, 0.1) is 46.3 Å². The summed E-state index contributed by atoms with van der Waals surface area (Å²) in [6.07, 6.45) is 8.64. The van der Waals surface area contributed by atoms with Gasteiger partial charge in [0.2, 0.25) is 5.82 Å². The third kappa shape index (κ3) is 3.20. The molecule has 0 aromatic carbocycles. The fourth-order valence-corrected chi connectivity index (χ4v) is 2.67. The van der Waals surface area contributed by atoms with Crippen LogP contribution in [0.5, 0.6) is 0 Å². The van der Waals surface area contributed by atoms with E-state index in [4.69, 9.17) is 0 Å². The van der Waals surface area contributed by atoms with Gasteiger partial charge in [-0.2, -0.15) is 5.10 Å². The van der Waals surface area contributed by atoms with Crippen LogP contribution in [-0.4, -0.2) is 34.5 Å². The molecule has 0 saturated carbocycles. The van der Waals surface area contributed by atoms with Gasteiger partial charge in [0, 0.05) is 12.4 Å². The number of hydrogen-bond donors (Lipinski definition) is 1. The number of anilines is 1. The topological polar surface area (TPSA) is 124 Å². The molecule has 1 unspecified atom stereocenters. The number of nitrogens with zero attached hydrogens (tertiary/aromatic N) is 7. The smallest absolute Gasteiger partial charge is 0.329 e. The van der Waals surface area contributed by atoms with E-state index in [9.17, 15) is 14.5 Å². The van der Waals surface area contributed by atoms with E-state index < -0.39 is 16.8 Å². The monoisotopic (exact) mass is 380 g/mol. The molecule has 4 rings (SSSR count). The third-order valence-corrected chi connectivity index (χ3v) is 4.08. The van der Waals surface area contributed by atoms with Crippen molar-refractivity contribution in [2.45, 2.75) is 13.0 Å². The molecule has 0 spiro atoms. The highest BCUT2D eigenvalue weighted by atomic mass is 19.1. The van der Waals surface area contributed by atoms with Gasteiger partial charge in [-0.05, 0) is 19.1 Å². The molecule has 0 saturated heterocycles. The first-order valence-corrected chi connectivity index (χ1v) is 8.20. The van der Waals surface area contributed by atoms with Crippen LogP contribution in [-0.2, 0) is 0 Å². The second-order valence-corrected chi connectivity index (χ2v) is 5.92. The van der Waals surface area contributed by atoms with Gasteiger partial charge >= 0.3 is 5.69 Å². The van der Waals surface area contributed by atoms with E-state index in [1.54, 1.807) is 36.2 Å². The highest BCUT2D eigenvalue weighted by molar-refractivity contribution is 5.76. The Kier molecular flexibility index (Phi) is 4.32. The van der Waals surface area contributed by atoms with Crippen LogP contribution in [0.25, 0.3) is 16.9 Å². The van der Waals surface area contributed by atoms with E-state index in [2.05, 4.69) is 30.4 Å². The van der Waals surface area contributed by atoms with E-state index in [0.29, 0.717) is 16.8 Å².